The molecule has 0 unspecified atom stereocenters. The van der Waals surface area contributed by atoms with Crippen molar-refractivity contribution in [3.8, 4) is 0 Å². The molecule has 3 fully saturated rings. The van der Waals surface area contributed by atoms with E-state index in [1.165, 1.54) is 0 Å². The third-order valence-corrected chi connectivity index (χ3v) is 7.08. The second-order valence-corrected chi connectivity index (χ2v) is 8.16. The Morgan fingerprint density at radius 3 is 2.42 bits per heavy atom. The molecule has 2 amide bonds. The van der Waals surface area contributed by atoms with Gasteiger partial charge in [-0.05, 0) is 43.1 Å². The average Bonchev–Trinajstić information content (AvgIpc) is 3.10. The van der Waals surface area contributed by atoms with E-state index >= 15 is 0 Å². The standard InChI is InChI=1S/C21H19N3O2/c1-11-13(12-4-2-3-5-16(12)23-11)10-22-24-19(25)17-14-6-7-15(18(17)20(24)26)21(14)8-9-21/h2-7,10,14-15,17-18,23H,8-9H2,1H3/b22-10-/t14-,15+,17-,18-/m0/s1. The number of para-hydroxylation sites is 1. The largest absolute Gasteiger partial charge is 0.358 e. The summed E-state index contributed by atoms with van der Waals surface area (Å²) in [6.45, 7) is 1.98. The molecule has 6 rings (SSSR count). The smallest absolute Gasteiger partial charge is 0.254 e. The molecule has 1 aromatic carbocycles. The van der Waals surface area contributed by atoms with Gasteiger partial charge in [0.05, 0.1) is 18.1 Å². The zero-order valence-corrected chi connectivity index (χ0v) is 14.5. The molecule has 2 saturated carbocycles. The van der Waals surface area contributed by atoms with Crippen LogP contribution in [0, 0.1) is 36.0 Å². The third kappa shape index (κ3) is 1.55. The van der Waals surface area contributed by atoms with E-state index in [2.05, 4.69) is 22.2 Å². The Morgan fingerprint density at radius 2 is 1.77 bits per heavy atom. The van der Waals surface area contributed by atoms with Gasteiger partial charge in [0.2, 0.25) is 0 Å². The predicted octanol–water partition coefficient (Wildman–Crippen LogP) is 3.01. The maximum atomic E-state index is 13.0. The number of rotatable bonds is 2. The number of carbonyl (C=O) groups is 2. The number of aromatic amines is 1. The number of hydrazone groups is 1. The molecule has 1 N–H and O–H groups in total. The SMILES string of the molecule is Cc1[nH]c2ccccc2c1/C=N\N1C(=O)[C@@H]2[C@@H](C1=O)[C@@H]1C=C[C@H]2C12CC2. The molecular formula is C21H19N3O2. The zero-order chi connectivity index (χ0) is 17.6. The van der Waals surface area contributed by atoms with Crippen molar-refractivity contribution < 1.29 is 9.59 Å². The number of imide groups is 1. The first kappa shape index (κ1) is 14.5. The van der Waals surface area contributed by atoms with E-state index in [0.717, 1.165) is 40.0 Å². The summed E-state index contributed by atoms with van der Waals surface area (Å²) in [6, 6.07) is 7.98. The lowest BCUT2D eigenvalue weighted by Gasteiger charge is -2.18. The van der Waals surface area contributed by atoms with Gasteiger partial charge in [-0.2, -0.15) is 10.1 Å². The Kier molecular flexibility index (Phi) is 2.52. The van der Waals surface area contributed by atoms with Gasteiger partial charge >= 0.3 is 0 Å². The number of nitrogens with one attached hydrogen (secondary N) is 1. The lowest BCUT2D eigenvalue weighted by Crippen LogP contribution is -2.30. The first-order valence-corrected chi connectivity index (χ1v) is 9.29. The van der Waals surface area contributed by atoms with Gasteiger partial charge in [0, 0.05) is 22.2 Å². The Bertz CT molecular complexity index is 1010. The molecule has 4 atom stereocenters. The predicted molar refractivity (Wildman–Crippen MR) is 97.2 cm³/mol. The second kappa shape index (κ2) is 4.53. The number of aryl methyl sites for hydroxylation is 1. The minimum atomic E-state index is -0.193. The van der Waals surface area contributed by atoms with Crippen molar-refractivity contribution in [3.05, 3.63) is 47.7 Å². The minimum Gasteiger partial charge on any atom is -0.358 e. The molecular weight excluding hydrogens is 326 g/mol. The van der Waals surface area contributed by atoms with Gasteiger partial charge in [-0.1, -0.05) is 30.4 Å². The Hall–Kier alpha value is -2.69. The fourth-order valence-electron chi connectivity index (χ4n) is 5.76. The van der Waals surface area contributed by atoms with Gasteiger partial charge in [0.1, 0.15) is 0 Å². The van der Waals surface area contributed by atoms with Crippen LogP contribution >= 0.6 is 0 Å². The summed E-state index contributed by atoms with van der Waals surface area (Å²) >= 11 is 0. The Morgan fingerprint density at radius 1 is 1.12 bits per heavy atom. The summed E-state index contributed by atoms with van der Waals surface area (Å²) in [5, 5.41) is 6.53. The molecule has 2 bridgehead atoms. The van der Waals surface area contributed by atoms with Gasteiger partial charge in [0.25, 0.3) is 11.8 Å². The quantitative estimate of drug-likeness (QED) is 0.516. The molecule has 5 heteroatoms. The maximum Gasteiger partial charge on any atom is 0.254 e. The van der Waals surface area contributed by atoms with Crippen LogP contribution in [0.5, 0.6) is 0 Å². The van der Waals surface area contributed by atoms with Crippen LogP contribution < -0.4 is 0 Å². The van der Waals surface area contributed by atoms with Crippen LogP contribution in [0.25, 0.3) is 10.9 Å². The van der Waals surface area contributed by atoms with Crippen LogP contribution in [0.4, 0.5) is 0 Å². The molecule has 1 aromatic heterocycles. The van der Waals surface area contributed by atoms with Gasteiger partial charge in [0.15, 0.2) is 0 Å². The molecule has 1 spiro atoms. The monoisotopic (exact) mass is 345 g/mol. The van der Waals surface area contributed by atoms with Gasteiger partial charge < -0.3 is 4.98 Å². The number of hydrogen-bond acceptors (Lipinski definition) is 3. The number of fused-ring (bicyclic) bond motifs is 4. The molecule has 3 aliphatic carbocycles. The lowest BCUT2D eigenvalue weighted by atomic mass is 9.85. The number of hydrogen-bond donors (Lipinski definition) is 1. The van der Waals surface area contributed by atoms with Crippen LogP contribution in [-0.2, 0) is 9.59 Å². The zero-order valence-electron chi connectivity index (χ0n) is 14.5. The molecule has 4 aliphatic rings. The molecule has 2 heterocycles. The molecule has 26 heavy (non-hydrogen) atoms. The summed E-state index contributed by atoms with van der Waals surface area (Å²) in [4.78, 5) is 29.2. The summed E-state index contributed by atoms with van der Waals surface area (Å²) in [5.74, 6) is -0.135. The normalized spacial score (nSPS) is 33.3. The van der Waals surface area contributed by atoms with E-state index < -0.39 is 0 Å². The number of carbonyl (C=O) groups excluding carboxylic acids is 2. The van der Waals surface area contributed by atoms with E-state index in [9.17, 15) is 9.59 Å². The molecule has 0 radical (unpaired) electrons. The van der Waals surface area contributed by atoms with Crippen molar-refractivity contribution in [1.29, 1.82) is 0 Å². The van der Waals surface area contributed by atoms with E-state index in [-0.39, 0.29) is 40.9 Å². The highest BCUT2D eigenvalue weighted by molar-refractivity contribution is 6.08. The Balaban J connectivity index is 1.36. The summed E-state index contributed by atoms with van der Waals surface area (Å²) < 4.78 is 0. The van der Waals surface area contributed by atoms with Crippen molar-refractivity contribution in [2.24, 2.45) is 34.2 Å². The molecule has 5 nitrogen and oxygen atoms in total. The van der Waals surface area contributed by atoms with Crippen LogP contribution in [0.1, 0.15) is 24.1 Å². The van der Waals surface area contributed by atoms with Crippen molar-refractivity contribution >= 4 is 28.9 Å². The third-order valence-electron chi connectivity index (χ3n) is 7.08. The van der Waals surface area contributed by atoms with Gasteiger partial charge in [-0.3, -0.25) is 9.59 Å². The van der Waals surface area contributed by atoms with E-state index in [0.29, 0.717) is 0 Å². The van der Waals surface area contributed by atoms with Gasteiger partial charge in [-0.15, -0.1) is 0 Å². The highest BCUT2D eigenvalue weighted by atomic mass is 16.2. The van der Waals surface area contributed by atoms with Crippen molar-refractivity contribution in [2.45, 2.75) is 19.8 Å². The number of amides is 2. The second-order valence-electron chi connectivity index (χ2n) is 8.16. The molecule has 2 aromatic rings. The Labute approximate surface area is 150 Å². The fraction of sp³-hybridized carbons (Fsp3) is 0.381. The van der Waals surface area contributed by atoms with E-state index in [4.69, 9.17) is 0 Å². The minimum absolute atomic E-state index is 0.114. The average molecular weight is 345 g/mol. The topological polar surface area (TPSA) is 65.5 Å². The van der Waals surface area contributed by atoms with Crippen molar-refractivity contribution in [3.63, 3.8) is 0 Å². The number of aromatic nitrogens is 1. The highest BCUT2D eigenvalue weighted by Gasteiger charge is 2.73. The van der Waals surface area contributed by atoms with E-state index in [1.807, 2.05) is 31.2 Å². The fourth-order valence-corrected chi connectivity index (χ4v) is 5.76. The molecule has 130 valence electrons. The first-order valence-electron chi connectivity index (χ1n) is 9.29. The molecule has 1 saturated heterocycles. The summed E-state index contributed by atoms with van der Waals surface area (Å²) in [6.07, 6.45) is 8.33. The summed E-state index contributed by atoms with van der Waals surface area (Å²) in [7, 11) is 0. The first-order chi connectivity index (χ1) is 12.6. The lowest BCUT2D eigenvalue weighted by molar-refractivity contribution is -0.141. The van der Waals surface area contributed by atoms with Crippen LogP contribution in [0.15, 0.2) is 41.5 Å². The number of allylic oxidation sites excluding steroid dienone is 2. The highest BCUT2D eigenvalue weighted by Crippen LogP contribution is 2.73. The van der Waals surface area contributed by atoms with Crippen molar-refractivity contribution in [2.75, 3.05) is 0 Å². The number of nitrogens with zero attached hydrogens (tertiary/aromatic N) is 2. The van der Waals surface area contributed by atoms with Crippen LogP contribution in [0.2, 0.25) is 0 Å². The number of benzene rings is 1. The van der Waals surface area contributed by atoms with Crippen LogP contribution in [0.3, 0.4) is 0 Å². The molecule has 1 aliphatic heterocycles. The van der Waals surface area contributed by atoms with Gasteiger partial charge in [-0.25, -0.2) is 0 Å². The number of H-pyrrole nitrogens is 1. The van der Waals surface area contributed by atoms with Crippen molar-refractivity contribution in [1.82, 2.24) is 9.99 Å². The van der Waals surface area contributed by atoms with Crippen LogP contribution in [-0.4, -0.2) is 28.0 Å². The van der Waals surface area contributed by atoms with E-state index in [1.54, 1.807) is 6.21 Å². The maximum absolute atomic E-state index is 13.0. The summed E-state index contributed by atoms with van der Waals surface area (Å²) in [5.41, 5.74) is 3.16.